The van der Waals surface area contributed by atoms with Crippen LogP contribution in [-0.2, 0) is 13.1 Å². The molecular formula is C23H26N4O3. The Labute approximate surface area is 176 Å². The lowest BCUT2D eigenvalue weighted by atomic mass is 10.2. The molecule has 30 heavy (non-hydrogen) atoms. The molecule has 0 aliphatic rings. The van der Waals surface area contributed by atoms with Crippen LogP contribution in [0.4, 0.5) is 5.69 Å². The van der Waals surface area contributed by atoms with E-state index in [1.165, 1.54) is 6.26 Å². The number of ether oxygens (including phenoxy) is 1. The Morgan fingerprint density at radius 3 is 2.70 bits per heavy atom. The molecule has 1 heterocycles. The predicted molar refractivity (Wildman–Crippen MR) is 118 cm³/mol. The second-order valence-corrected chi connectivity index (χ2v) is 6.49. The SMILES string of the molecule is CCNC(=NCc1cccc(NC(=O)c2ccco2)c1)NCc1ccccc1OC. The van der Waals surface area contributed by atoms with Crippen molar-refractivity contribution < 1.29 is 13.9 Å². The lowest BCUT2D eigenvalue weighted by molar-refractivity contribution is 0.0996. The number of methoxy groups -OCH3 is 1. The van der Waals surface area contributed by atoms with E-state index in [-0.39, 0.29) is 11.7 Å². The number of carbonyl (C=O) groups excluding carboxylic acids is 1. The zero-order chi connectivity index (χ0) is 21.2. The van der Waals surface area contributed by atoms with E-state index in [9.17, 15) is 4.79 Å². The van der Waals surface area contributed by atoms with Crippen LogP contribution in [-0.4, -0.2) is 25.5 Å². The molecule has 0 aliphatic heterocycles. The maximum atomic E-state index is 12.1. The molecule has 0 spiro atoms. The lowest BCUT2D eigenvalue weighted by Gasteiger charge is -2.13. The zero-order valence-electron chi connectivity index (χ0n) is 17.1. The molecule has 1 aromatic heterocycles. The Morgan fingerprint density at radius 1 is 1.07 bits per heavy atom. The maximum Gasteiger partial charge on any atom is 0.291 e. The van der Waals surface area contributed by atoms with Crippen molar-refractivity contribution in [2.24, 2.45) is 4.99 Å². The Morgan fingerprint density at radius 2 is 1.93 bits per heavy atom. The summed E-state index contributed by atoms with van der Waals surface area (Å²) in [6.45, 7) is 3.82. The average molecular weight is 406 g/mol. The molecule has 0 saturated carbocycles. The highest BCUT2D eigenvalue weighted by Gasteiger charge is 2.09. The van der Waals surface area contributed by atoms with Crippen molar-refractivity contribution in [1.82, 2.24) is 10.6 Å². The number of nitrogens with zero attached hydrogens (tertiary/aromatic N) is 1. The Balaban J connectivity index is 1.63. The van der Waals surface area contributed by atoms with Crippen LogP contribution >= 0.6 is 0 Å². The van der Waals surface area contributed by atoms with Crippen LogP contribution in [0.5, 0.6) is 5.75 Å². The number of anilines is 1. The number of rotatable bonds is 8. The fourth-order valence-corrected chi connectivity index (χ4v) is 2.89. The monoisotopic (exact) mass is 406 g/mol. The van der Waals surface area contributed by atoms with Gasteiger partial charge in [0.25, 0.3) is 5.91 Å². The minimum absolute atomic E-state index is 0.272. The van der Waals surface area contributed by atoms with Gasteiger partial charge in [-0.1, -0.05) is 30.3 Å². The van der Waals surface area contributed by atoms with Crippen LogP contribution in [0.25, 0.3) is 0 Å². The fraction of sp³-hybridized carbons (Fsp3) is 0.217. The van der Waals surface area contributed by atoms with Crippen LogP contribution < -0.4 is 20.7 Å². The minimum Gasteiger partial charge on any atom is -0.496 e. The topological polar surface area (TPSA) is 87.9 Å². The summed E-state index contributed by atoms with van der Waals surface area (Å²) in [5, 5.41) is 9.40. The van der Waals surface area contributed by atoms with E-state index < -0.39 is 0 Å². The molecule has 3 aromatic rings. The van der Waals surface area contributed by atoms with Crippen molar-refractivity contribution in [2.45, 2.75) is 20.0 Å². The molecule has 0 unspecified atom stereocenters. The smallest absolute Gasteiger partial charge is 0.291 e. The average Bonchev–Trinajstić information content (AvgIpc) is 3.31. The van der Waals surface area contributed by atoms with E-state index in [2.05, 4.69) is 20.9 Å². The number of benzene rings is 2. The molecule has 3 N–H and O–H groups in total. The van der Waals surface area contributed by atoms with Gasteiger partial charge >= 0.3 is 0 Å². The number of amides is 1. The van der Waals surface area contributed by atoms with Crippen molar-refractivity contribution >= 4 is 17.6 Å². The molecule has 0 aliphatic carbocycles. The van der Waals surface area contributed by atoms with Crippen LogP contribution in [0.1, 0.15) is 28.6 Å². The van der Waals surface area contributed by atoms with Gasteiger partial charge in [-0.25, -0.2) is 4.99 Å². The van der Waals surface area contributed by atoms with E-state index >= 15 is 0 Å². The van der Waals surface area contributed by atoms with Gasteiger partial charge in [0, 0.05) is 24.3 Å². The van der Waals surface area contributed by atoms with Gasteiger partial charge in [0.2, 0.25) is 0 Å². The molecule has 0 fully saturated rings. The summed E-state index contributed by atoms with van der Waals surface area (Å²) in [6, 6.07) is 18.8. The fourth-order valence-electron chi connectivity index (χ4n) is 2.89. The summed E-state index contributed by atoms with van der Waals surface area (Å²) in [7, 11) is 1.66. The summed E-state index contributed by atoms with van der Waals surface area (Å²) in [5.74, 6) is 1.52. The quantitative estimate of drug-likeness (QED) is 0.391. The molecular weight excluding hydrogens is 380 g/mol. The lowest BCUT2D eigenvalue weighted by Crippen LogP contribution is -2.36. The number of carbonyl (C=O) groups is 1. The number of hydrogen-bond acceptors (Lipinski definition) is 4. The summed E-state index contributed by atoms with van der Waals surface area (Å²) < 4.78 is 10.5. The molecule has 0 atom stereocenters. The van der Waals surface area contributed by atoms with Crippen molar-refractivity contribution in [3.63, 3.8) is 0 Å². The number of nitrogens with one attached hydrogen (secondary N) is 3. The Hall–Kier alpha value is -3.74. The van der Waals surface area contributed by atoms with Crippen LogP contribution in [0, 0.1) is 0 Å². The van der Waals surface area contributed by atoms with Gasteiger partial charge in [0.05, 0.1) is 19.9 Å². The molecule has 0 saturated heterocycles. The summed E-state index contributed by atoms with van der Waals surface area (Å²) in [6.07, 6.45) is 1.47. The number of guanidine groups is 1. The van der Waals surface area contributed by atoms with Crippen LogP contribution in [0.2, 0.25) is 0 Å². The van der Waals surface area contributed by atoms with E-state index in [4.69, 9.17) is 9.15 Å². The van der Waals surface area contributed by atoms with Gasteiger partial charge in [0.1, 0.15) is 5.75 Å². The number of hydrogen-bond donors (Lipinski definition) is 3. The highest BCUT2D eigenvalue weighted by molar-refractivity contribution is 6.02. The molecule has 2 aromatic carbocycles. The second-order valence-electron chi connectivity index (χ2n) is 6.49. The Kier molecular flexibility index (Phi) is 7.49. The molecule has 0 radical (unpaired) electrons. The molecule has 0 bridgehead atoms. The molecule has 156 valence electrons. The van der Waals surface area contributed by atoms with Gasteiger partial charge in [-0.2, -0.15) is 0 Å². The summed E-state index contributed by atoms with van der Waals surface area (Å²) in [5.41, 5.74) is 2.71. The highest BCUT2D eigenvalue weighted by atomic mass is 16.5. The maximum absolute atomic E-state index is 12.1. The summed E-state index contributed by atoms with van der Waals surface area (Å²) in [4.78, 5) is 16.8. The van der Waals surface area contributed by atoms with Gasteiger partial charge in [-0.05, 0) is 42.8 Å². The predicted octanol–water partition coefficient (Wildman–Crippen LogP) is 3.80. The molecule has 1 amide bonds. The first-order chi connectivity index (χ1) is 14.7. The summed E-state index contributed by atoms with van der Waals surface area (Å²) >= 11 is 0. The zero-order valence-corrected chi connectivity index (χ0v) is 17.1. The first kappa shape index (κ1) is 21.0. The number of furan rings is 1. The largest absolute Gasteiger partial charge is 0.496 e. The van der Waals surface area contributed by atoms with Crippen molar-refractivity contribution in [3.05, 3.63) is 83.8 Å². The van der Waals surface area contributed by atoms with Crippen molar-refractivity contribution in [1.29, 1.82) is 0 Å². The number of para-hydroxylation sites is 1. The van der Waals surface area contributed by atoms with Crippen molar-refractivity contribution in [2.75, 3.05) is 19.0 Å². The van der Waals surface area contributed by atoms with Gasteiger partial charge in [0.15, 0.2) is 11.7 Å². The van der Waals surface area contributed by atoms with Gasteiger partial charge in [-0.3, -0.25) is 4.79 Å². The standard InChI is InChI=1S/C23H26N4O3/c1-3-24-23(26-16-18-9-4-5-11-20(18)29-2)25-15-17-8-6-10-19(14-17)27-22(28)21-12-7-13-30-21/h4-14H,3,15-16H2,1-2H3,(H,27,28)(H2,24,25,26). The normalized spacial score (nSPS) is 11.1. The second kappa shape index (κ2) is 10.7. The third-order valence-electron chi connectivity index (χ3n) is 4.33. The van der Waals surface area contributed by atoms with Gasteiger partial charge in [-0.15, -0.1) is 0 Å². The first-order valence-corrected chi connectivity index (χ1v) is 9.77. The van der Waals surface area contributed by atoms with Gasteiger partial charge < -0.3 is 25.1 Å². The van der Waals surface area contributed by atoms with E-state index in [0.29, 0.717) is 24.7 Å². The third-order valence-corrected chi connectivity index (χ3v) is 4.33. The van der Waals surface area contributed by atoms with Crippen molar-refractivity contribution in [3.8, 4) is 5.75 Å². The molecule has 7 heteroatoms. The Bertz CT molecular complexity index is 984. The molecule has 3 rings (SSSR count). The highest BCUT2D eigenvalue weighted by Crippen LogP contribution is 2.17. The third kappa shape index (κ3) is 5.88. The van der Waals surface area contributed by atoms with Crippen LogP contribution in [0.15, 0.2) is 76.3 Å². The van der Waals surface area contributed by atoms with Crippen LogP contribution in [0.3, 0.4) is 0 Å². The minimum atomic E-state index is -0.285. The van der Waals surface area contributed by atoms with E-state index in [0.717, 1.165) is 23.4 Å². The number of aliphatic imine (C=N–C) groups is 1. The first-order valence-electron chi connectivity index (χ1n) is 9.77. The molecule has 7 nitrogen and oxygen atoms in total. The van der Waals surface area contributed by atoms with E-state index in [1.54, 1.807) is 19.2 Å². The van der Waals surface area contributed by atoms with E-state index in [1.807, 2.05) is 55.5 Å².